The minimum atomic E-state index is -0.0237. The lowest BCUT2D eigenvalue weighted by atomic mass is 10.2. The van der Waals surface area contributed by atoms with Crippen LogP contribution in [0.1, 0.15) is 18.1 Å². The first-order valence-corrected chi connectivity index (χ1v) is 6.12. The molecule has 1 unspecified atom stereocenters. The summed E-state index contributed by atoms with van der Waals surface area (Å²) in [6.45, 7) is 4.52. The third-order valence-electron chi connectivity index (χ3n) is 2.65. The summed E-state index contributed by atoms with van der Waals surface area (Å²) in [6.07, 6.45) is 0.913. The van der Waals surface area contributed by atoms with E-state index in [1.54, 1.807) is 6.92 Å². The van der Waals surface area contributed by atoms with Crippen molar-refractivity contribution in [3.05, 3.63) is 11.7 Å². The summed E-state index contributed by atoms with van der Waals surface area (Å²) in [5.74, 6) is 1.14. The Hall–Kier alpha value is -1.47. The van der Waals surface area contributed by atoms with Gasteiger partial charge in [0, 0.05) is 26.1 Å². The second kappa shape index (κ2) is 6.46. The van der Waals surface area contributed by atoms with Crippen LogP contribution < -0.4 is 10.6 Å². The SMILES string of the molecule is Cc1noc(CCNC(=O)CC2CNCCO2)n1. The second-order valence-electron chi connectivity index (χ2n) is 4.24. The van der Waals surface area contributed by atoms with Gasteiger partial charge in [-0.2, -0.15) is 4.98 Å². The minimum absolute atomic E-state index is 0.0139. The lowest BCUT2D eigenvalue weighted by Crippen LogP contribution is -2.41. The van der Waals surface area contributed by atoms with E-state index in [0.717, 1.165) is 13.1 Å². The maximum Gasteiger partial charge on any atom is 0.228 e. The molecule has 7 nitrogen and oxygen atoms in total. The van der Waals surface area contributed by atoms with Crippen LogP contribution >= 0.6 is 0 Å². The number of rotatable bonds is 5. The van der Waals surface area contributed by atoms with Crippen LogP contribution in [0.4, 0.5) is 0 Å². The molecular weight excluding hydrogens is 236 g/mol. The Morgan fingerprint density at radius 2 is 2.50 bits per heavy atom. The number of hydrogen-bond donors (Lipinski definition) is 2. The Balaban J connectivity index is 1.62. The summed E-state index contributed by atoms with van der Waals surface area (Å²) in [4.78, 5) is 15.7. The van der Waals surface area contributed by atoms with Crippen LogP contribution in [0.15, 0.2) is 4.52 Å². The van der Waals surface area contributed by atoms with Crippen molar-refractivity contribution in [2.45, 2.75) is 25.9 Å². The fourth-order valence-corrected chi connectivity index (χ4v) is 1.78. The van der Waals surface area contributed by atoms with E-state index in [9.17, 15) is 4.79 Å². The zero-order valence-electron chi connectivity index (χ0n) is 10.4. The predicted molar refractivity (Wildman–Crippen MR) is 63.0 cm³/mol. The molecule has 1 aromatic rings. The van der Waals surface area contributed by atoms with Crippen molar-refractivity contribution in [2.75, 3.05) is 26.2 Å². The highest BCUT2D eigenvalue weighted by Gasteiger charge is 2.17. The van der Waals surface area contributed by atoms with Gasteiger partial charge in [0.1, 0.15) is 0 Å². The fourth-order valence-electron chi connectivity index (χ4n) is 1.78. The van der Waals surface area contributed by atoms with Crippen molar-refractivity contribution in [1.82, 2.24) is 20.8 Å². The Kier molecular flexibility index (Phi) is 4.66. The van der Waals surface area contributed by atoms with Crippen LogP contribution in [-0.4, -0.2) is 48.4 Å². The van der Waals surface area contributed by atoms with Gasteiger partial charge in [-0.25, -0.2) is 0 Å². The number of ether oxygens (including phenoxy) is 1. The molecule has 1 saturated heterocycles. The van der Waals surface area contributed by atoms with E-state index in [2.05, 4.69) is 20.8 Å². The third-order valence-corrected chi connectivity index (χ3v) is 2.65. The van der Waals surface area contributed by atoms with Crippen molar-refractivity contribution in [2.24, 2.45) is 0 Å². The van der Waals surface area contributed by atoms with E-state index in [1.807, 2.05) is 0 Å². The van der Waals surface area contributed by atoms with Crippen LogP contribution in [0.3, 0.4) is 0 Å². The topological polar surface area (TPSA) is 89.3 Å². The number of carbonyl (C=O) groups is 1. The Bertz CT molecular complexity index is 387. The molecule has 2 heterocycles. The summed E-state index contributed by atoms with van der Waals surface area (Å²) in [5, 5.41) is 9.68. The molecule has 2 N–H and O–H groups in total. The Morgan fingerprint density at radius 3 is 3.17 bits per heavy atom. The van der Waals surface area contributed by atoms with Crippen molar-refractivity contribution in [1.29, 1.82) is 0 Å². The van der Waals surface area contributed by atoms with Crippen molar-refractivity contribution in [3.8, 4) is 0 Å². The van der Waals surface area contributed by atoms with Crippen LogP contribution in [0.5, 0.6) is 0 Å². The van der Waals surface area contributed by atoms with Gasteiger partial charge < -0.3 is 19.9 Å². The number of aryl methyl sites for hydroxylation is 1. The molecule has 100 valence electrons. The number of aromatic nitrogens is 2. The van der Waals surface area contributed by atoms with E-state index in [-0.39, 0.29) is 12.0 Å². The first-order valence-electron chi connectivity index (χ1n) is 6.12. The van der Waals surface area contributed by atoms with Gasteiger partial charge in [0.15, 0.2) is 5.82 Å². The number of carbonyl (C=O) groups excluding carboxylic acids is 1. The number of amides is 1. The molecule has 0 saturated carbocycles. The number of hydrogen-bond acceptors (Lipinski definition) is 6. The lowest BCUT2D eigenvalue weighted by molar-refractivity contribution is -0.124. The molecule has 1 aliphatic heterocycles. The van der Waals surface area contributed by atoms with E-state index >= 15 is 0 Å². The van der Waals surface area contributed by atoms with Gasteiger partial charge in [-0.3, -0.25) is 4.79 Å². The molecule has 1 fully saturated rings. The van der Waals surface area contributed by atoms with Gasteiger partial charge in [0.25, 0.3) is 0 Å². The summed E-state index contributed by atoms with van der Waals surface area (Å²) in [7, 11) is 0. The molecular formula is C11H18N4O3. The summed E-state index contributed by atoms with van der Waals surface area (Å²) in [5.41, 5.74) is 0. The van der Waals surface area contributed by atoms with E-state index in [0.29, 0.717) is 37.7 Å². The number of morpholine rings is 1. The maximum atomic E-state index is 11.6. The molecule has 1 aromatic heterocycles. The highest BCUT2D eigenvalue weighted by Crippen LogP contribution is 2.01. The molecule has 1 amide bonds. The monoisotopic (exact) mass is 254 g/mol. The zero-order valence-corrected chi connectivity index (χ0v) is 10.4. The van der Waals surface area contributed by atoms with Gasteiger partial charge in [0.05, 0.1) is 19.1 Å². The Labute approximate surface area is 105 Å². The molecule has 0 aromatic carbocycles. The van der Waals surface area contributed by atoms with Gasteiger partial charge in [-0.05, 0) is 6.92 Å². The molecule has 0 aliphatic carbocycles. The summed E-state index contributed by atoms with van der Waals surface area (Å²) < 4.78 is 10.4. The molecule has 0 bridgehead atoms. The maximum absolute atomic E-state index is 11.6. The van der Waals surface area contributed by atoms with Gasteiger partial charge in [0.2, 0.25) is 11.8 Å². The second-order valence-corrected chi connectivity index (χ2v) is 4.24. The van der Waals surface area contributed by atoms with Gasteiger partial charge in [-0.15, -0.1) is 0 Å². The van der Waals surface area contributed by atoms with Crippen LogP contribution in [0.2, 0.25) is 0 Å². The standard InChI is InChI=1S/C11H18N4O3/c1-8-14-11(18-15-8)2-3-13-10(16)6-9-7-12-4-5-17-9/h9,12H,2-7H2,1H3,(H,13,16). The molecule has 0 spiro atoms. The molecule has 18 heavy (non-hydrogen) atoms. The molecule has 7 heteroatoms. The predicted octanol–water partition coefficient (Wildman–Crippen LogP) is -0.585. The molecule has 1 atom stereocenters. The first-order chi connectivity index (χ1) is 8.74. The average Bonchev–Trinajstić information content (AvgIpc) is 2.76. The molecule has 2 rings (SSSR count). The van der Waals surface area contributed by atoms with E-state index in [4.69, 9.17) is 9.26 Å². The van der Waals surface area contributed by atoms with Crippen molar-refractivity contribution in [3.63, 3.8) is 0 Å². The molecule has 0 radical (unpaired) electrons. The quantitative estimate of drug-likeness (QED) is 0.730. The van der Waals surface area contributed by atoms with Gasteiger partial charge in [-0.1, -0.05) is 5.16 Å². The average molecular weight is 254 g/mol. The van der Waals surface area contributed by atoms with E-state index in [1.165, 1.54) is 0 Å². The minimum Gasteiger partial charge on any atom is -0.375 e. The smallest absolute Gasteiger partial charge is 0.228 e. The zero-order chi connectivity index (χ0) is 12.8. The third kappa shape index (κ3) is 4.08. The summed E-state index contributed by atoms with van der Waals surface area (Å²) in [6, 6.07) is 0. The Morgan fingerprint density at radius 1 is 1.61 bits per heavy atom. The fraction of sp³-hybridized carbons (Fsp3) is 0.727. The van der Waals surface area contributed by atoms with Crippen LogP contribution in [0.25, 0.3) is 0 Å². The normalized spacial score (nSPS) is 19.7. The molecule has 1 aliphatic rings. The van der Waals surface area contributed by atoms with Crippen LogP contribution in [0, 0.1) is 6.92 Å². The largest absolute Gasteiger partial charge is 0.375 e. The van der Waals surface area contributed by atoms with Crippen molar-refractivity contribution < 1.29 is 14.1 Å². The van der Waals surface area contributed by atoms with Crippen molar-refractivity contribution >= 4 is 5.91 Å². The summed E-state index contributed by atoms with van der Waals surface area (Å²) >= 11 is 0. The highest BCUT2D eigenvalue weighted by molar-refractivity contribution is 5.76. The first kappa shape index (κ1) is 13.0. The highest BCUT2D eigenvalue weighted by atomic mass is 16.5. The van der Waals surface area contributed by atoms with Crippen LogP contribution in [-0.2, 0) is 16.0 Å². The number of nitrogens with one attached hydrogen (secondary N) is 2. The van der Waals surface area contributed by atoms with Gasteiger partial charge >= 0.3 is 0 Å². The van der Waals surface area contributed by atoms with E-state index < -0.39 is 0 Å². The number of nitrogens with zero attached hydrogens (tertiary/aromatic N) is 2. The lowest BCUT2D eigenvalue weighted by Gasteiger charge is -2.22.